The fraction of sp³-hybridized carbons (Fsp3) is 0.160. The van der Waals surface area contributed by atoms with Crippen LogP contribution in [0, 0.1) is 6.92 Å². The van der Waals surface area contributed by atoms with Gasteiger partial charge >= 0.3 is 0 Å². The van der Waals surface area contributed by atoms with Crippen LogP contribution in [0.15, 0.2) is 72.8 Å². The van der Waals surface area contributed by atoms with Gasteiger partial charge in [-0.05, 0) is 48.9 Å². The van der Waals surface area contributed by atoms with E-state index in [-0.39, 0.29) is 18.2 Å². The zero-order valence-corrected chi connectivity index (χ0v) is 18.2. The van der Waals surface area contributed by atoms with Gasteiger partial charge in [-0.1, -0.05) is 53.6 Å². The summed E-state index contributed by atoms with van der Waals surface area (Å²) in [7, 11) is 0. The molecule has 160 valence electrons. The molecule has 0 spiro atoms. The minimum absolute atomic E-state index is 0.0130. The molecule has 2 heterocycles. The number of para-hydroxylation sites is 2. The first kappa shape index (κ1) is 20.3. The molecule has 3 aromatic carbocycles. The molecule has 6 nitrogen and oxygen atoms in total. The monoisotopic (exact) mass is 444 g/mol. The molecule has 5 rings (SSSR count). The zero-order chi connectivity index (χ0) is 22.2. The maximum Gasteiger partial charge on any atom is 0.253 e. The number of carbonyl (C=O) groups is 2. The van der Waals surface area contributed by atoms with Crippen molar-refractivity contribution in [1.29, 1.82) is 0 Å². The largest absolute Gasteiger partial charge is 0.326 e. The van der Waals surface area contributed by atoms with Crippen LogP contribution in [0.1, 0.15) is 23.6 Å². The predicted octanol–water partition coefficient (Wildman–Crippen LogP) is 5.11. The number of rotatable bonds is 5. The number of hydrogen-bond acceptors (Lipinski definition) is 3. The fourth-order valence-electron chi connectivity index (χ4n) is 4.16. The Balaban J connectivity index is 1.47. The van der Waals surface area contributed by atoms with Crippen LogP contribution < -0.4 is 10.2 Å². The molecular weight excluding hydrogens is 424 g/mol. The van der Waals surface area contributed by atoms with Crippen molar-refractivity contribution < 1.29 is 9.59 Å². The Morgan fingerprint density at radius 1 is 1.06 bits per heavy atom. The molecule has 2 amide bonds. The summed E-state index contributed by atoms with van der Waals surface area (Å²) < 4.78 is 1.88. The van der Waals surface area contributed by atoms with Gasteiger partial charge in [0.2, 0.25) is 11.9 Å². The topological polar surface area (TPSA) is 67.2 Å². The number of imidazole rings is 1. The fourth-order valence-corrected chi connectivity index (χ4v) is 4.29. The molecule has 0 saturated heterocycles. The number of aryl methyl sites for hydroxylation is 1. The average Bonchev–Trinajstić information content (AvgIpc) is 3.26. The van der Waals surface area contributed by atoms with Crippen LogP contribution in [0.3, 0.4) is 0 Å². The highest BCUT2D eigenvalue weighted by atomic mass is 35.5. The van der Waals surface area contributed by atoms with Gasteiger partial charge in [-0.3, -0.25) is 19.1 Å². The number of aromatic nitrogens is 2. The van der Waals surface area contributed by atoms with Crippen molar-refractivity contribution in [1.82, 2.24) is 9.55 Å². The Hall–Kier alpha value is -3.64. The van der Waals surface area contributed by atoms with Gasteiger partial charge in [0, 0.05) is 10.7 Å². The minimum atomic E-state index is -0.658. The highest BCUT2D eigenvalue weighted by molar-refractivity contribution is 6.30. The number of fused-ring (bicyclic) bond motifs is 3. The summed E-state index contributed by atoms with van der Waals surface area (Å²) in [5.74, 6) is 0.194. The Bertz CT molecular complexity index is 1330. The van der Waals surface area contributed by atoms with E-state index in [0.29, 0.717) is 23.2 Å². The maximum atomic E-state index is 13.5. The van der Waals surface area contributed by atoms with E-state index < -0.39 is 6.04 Å². The molecule has 1 unspecified atom stereocenters. The third kappa shape index (κ3) is 3.74. The van der Waals surface area contributed by atoms with Gasteiger partial charge < -0.3 is 5.32 Å². The van der Waals surface area contributed by atoms with E-state index in [1.807, 2.05) is 54.0 Å². The summed E-state index contributed by atoms with van der Waals surface area (Å²) in [4.78, 5) is 32.7. The average molecular weight is 445 g/mol. The molecule has 0 fully saturated rings. The molecule has 0 radical (unpaired) electrons. The predicted molar refractivity (Wildman–Crippen MR) is 126 cm³/mol. The van der Waals surface area contributed by atoms with E-state index in [1.54, 1.807) is 29.2 Å². The lowest BCUT2D eigenvalue weighted by atomic mass is 10.1. The normalized spacial score (nSPS) is 15.2. The molecule has 0 bridgehead atoms. The highest BCUT2D eigenvalue weighted by Crippen LogP contribution is 2.37. The summed E-state index contributed by atoms with van der Waals surface area (Å²) in [5.41, 5.74) is 4.42. The Kier molecular flexibility index (Phi) is 5.15. The maximum absolute atomic E-state index is 13.5. The first-order chi connectivity index (χ1) is 15.5. The number of benzene rings is 3. The Labute approximate surface area is 190 Å². The molecule has 1 aliphatic rings. The van der Waals surface area contributed by atoms with Crippen LogP contribution >= 0.6 is 11.6 Å². The number of hydrogen-bond donors (Lipinski definition) is 1. The molecule has 1 N–H and O–H groups in total. The van der Waals surface area contributed by atoms with Crippen LogP contribution in [0.4, 0.5) is 11.6 Å². The lowest BCUT2D eigenvalue weighted by Gasteiger charge is -2.16. The van der Waals surface area contributed by atoms with Crippen molar-refractivity contribution in [2.75, 3.05) is 10.2 Å². The van der Waals surface area contributed by atoms with Gasteiger partial charge in [0.25, 0.3) is 5.91 Å². The number of carbonyl (C=O) groups excluding carboxylic acids is 2. The van der Waals surface area contributed by atoms with Crippen molar-refractivity contribution in [3.05, 3.63) is 88.9 Å². The quantitative estimate of drug-likeness (QED) is 0.465. The van der Waals surface area contributed by atoms with Crippen LogP contribution in [-0.2, 0) is 16.1 Å². The second-order valence-electron chi connectivity index (χ2n) is 7.96. The van der Waals surface area contributed by atoms with Crippen LogP contribution in [0.2, 0.25) is 5.02 Å². The van der Waals surface area contributed by atoms with E-state index in [4.69, 9.17) is 16.6 Å². The standard InChI is InChI=1S/C25H21ClN4O2/c1-16-5-4-6-17(13-16)15-29-24(32)22(14-23(31)27-19-11-9-18(26)10-12-19)30-21-8-3-2-7-20(21)28-25(29)30/h2-13,22H,14-15H2,1H3,(H,27,31). The molecule has 0 aliphatic carbocycles. The molecule has 0 saturated carbocycles. The van der Waals surface area contributed by atoms with E-state index in [0.717, 1.165) is 22.2 Å². The molecule has 4 aromatic rings. The summed E-state index contributed by atoms with van der Waals surface area (Å²) in [6.45, 7) is 2.42. The van der Waals surface area contributed by atoms with E-state index in [2.05, 4.69) is 11.4 Å². The summed E-state index contributed by atoms with van der Waals surface area (Å²) in [6.07, 6.45) is 0.0130. The van der Waals surface area contributed by atoms with Crippen molar-refractivity contribution in [2.24, 2.45) is 0 Å². The summed E-state index contributed by atoms with van der Waals surface area (Å²) >= 11 is 5.92. The first-order valence-electron chi connectivity index (χ1n) is 10.4. The number of nitrogens with zero attached hydrogens (tertiary/aromatic N) is 3. The minimum Gasteiger partial charge on any atom is -0.326 e. The first-order valence-corrected chi connectivity index (χ1v) is 10.8. The van der Waals surface area contributed by atoms with Gasteiger partial charge in [0.1, 0.15) is 6.04 Å². The van der Waals surface area contributed by atoms with Crippen molar-refractivity contribution in [2.45, 2.75) is 25.9 Å². The molecule has 1 aliphatic heterocycles. The third-order valence-electron chi connectivity index (χ3n) is 5.61. The van der Waals surface area contributed by atoms with E-state index >= 15 is 0 Å². The number of nitrogens with one attached hydrogen (secondary N) is 1. The highest BCUT2D eigenvalue weighted by Gasteiger charge is 2.40. The van der Waals surface area contributed by atoms with Gasteiger partial charge in [0.15, 0.2) is 0 Å². The molecule has 32 heavy (non-hydrogen) atoms. The zero-order valence-electron chi connectivity index (χ0n) is 17.5. The van der Waals surface area contributed by atoms with Gasteiger partial charge in [-0.25, -0.2) is 4.98 Å². The smallest absolute Gasteiger partial charge is 0.253 e. The second-order valence-corrected chi connectivity index (χ2v) is 8.40. The van der Waals surface area contributed by atoms with Crippen molar-refractivity contribution >= 4 is 46.1 Å². The van der Waals surface area contributed by atoms with Crippen molar-refractivity contribution in [3.8, 4) is 0 Å². The van der Waals surface area contributed by atoms with Gasteiger partial charge in [0.05, 0.1) is 24.0 Å². The SMILES string of the molecule is Cc1cccc(CN2C(=O)C(CC(=O)Nc3ccc(Cl)cc3)n3c2nc2ccccc23)c1. The van der Waals surface area contributed by atoms with Crippen LogP contribution in [-0.4, -0.2) is 21.4 Å². The Morgan fingerprint density at radius 3 is 2.62 bits per heavy atom. The second kappa shape index (κ2) is 8.13. The lowest BCUT2D eigenvalue weighted by Crippen LogP contribution is -2.31. The molecular formula is C25H21ClN4O2. The third-order valence-corrected chi connectivity index (χ3v) is 5.86. The van der Waals surface area contributed by atoms with E-state index in [1.165, 1.54) is 0 Å². The lowest BCUT2D eigenvalue weighted by molar-refractivity contribution is -0.124. The number of halogens is 1. The molecule has 1 atom stereocenters. The Morgan fingerprint density at radius 2 is 1.84 bits per heavy atom. The van der Waals surface area contributed by atoms with Crippen LogP contribution in [0.25, 0.3) is 11.0 Å². The van der Waals surface area contributed by atoms with Crippen molar-refractivity contribution in [3.63, 3.8) is 0 Å². The van der Waals surface area contributed by atoms with Gasteiger partial charge in [-0.15, -0.1) is 0 Å². The molecule has 1 aromatic heterocycles. The summed E-state index contributed by atoms with van der Waals surface area (Å²) in [5, 5.41) is 3.45. The van der Waals surface area contributed by atoms with Crippen LogP contribution in [0.5, 0.6) is 0 Å². The summed E-state index contributed by atoms with van der Waals surface area (Å²) in [6, 6.07) is 22.0. The van der Waals surface area contributed by atoms with E-state index in [9.17, 15) is 9.59 Å². The number of anilines is 2. The molecule has 7 heteroatoms. The van der Waals surface area contributed by atoms with Gasteiger partial charge in [-0.2, -0.15) is 0 Å². The number of amides is 2.